The summed E-state index contributed by atoms with van der Waals surface area (Å²) >= 11 is 0. The van der Waals surface area contributed by atoms with Crippen molar-refractivity contribution in [2.45, 2.75) is 59.5 Å². The second-order valence-corrected chi connectivity index (χ2v) is 8.31. The summed E-state index contributed by atoms with van der Waals surface area (Å²) in [6.07, 6.45) is -3.43. The number of carbonyl (C=O) groups is 2. The molecule has 0 unspecified atom stereocenters. The number of aromatic nitrogens is 4. The van der Waals surface area contributed by atoms with E-state index in [-0.39, 0.29) is 18.1 Å². The summed E-state index contributed by atoms with van der Waals surface area (Å²) in [6, 6.07) is 5.78. The number of halogens is 3. The maximum atomic E-state index is 12.1. The summed E-state index contributed by atoms with van der Waals surface area (Å²) in [5.41, 5.74) is 1.19. The van der Waals surface area contributed by atoms with Crippen molar-refractivity contribution in [3.05, 3.63) is 41.0 Å². The third-order valence-corrected chi connectivity index (χ3v) is 5.26. The first-order valence-electron chi connectivity index (χ1n) is 11.9. The molecule has 3 aromatic rings. The van der Waals surface area contributed by atoms with Crippen LogP contribution in [0.25, 0.3) is 11.0 Å². The molecular weight excluding hydrogens is 507 g/mol. The van der Waals surface area contributed by atoms with Crippen molar-refractivity contribution in [1.29, 1.82) is 0 Å². The Morgan fingerprint density at radius 1 is 1.24 bits per heavy atom. The number of rotatable bonds is 10. The zero-order chi connectivity index (χ0) is 28.9. The molecule has 38 heavy (non-hydrogen) atoms. The number of methoxy groups -OCH3 is 1. The second kappa shape index (κ2) is 15.0. The Labute approximate surface area is 219 Å². The minimum Gasteiger partial charge on any atom is -0.369 e. The van der Waals surface area contributed by atoms with Crippen molar-refractivity contribution >= 4 is 23.4 Å². The fraction of sp³-hybridized carbons (Fsp3) is 0.542. The van der Waals surface area contributed by atoms with Crippen LogP contribution in [0.1, 0.15) is 55.3 Å². The van der Waals surface area contributed by atoms with Crippen molar-refractivity contribution < 1.29 is 32.1 Å². The van der Waals surface area contributed by atoms with E-state index in [9.17, 15) is 22.8 Å². The third-order valence-electron chi connectivity index (χ3n) is 5.26. The lowest BCUT2D eigenvalue weighted by molar-refractivity contribution is -0.255. The predicted octanol–water partition coefficient (Wildman–Crippen LogP) is 3.36. The average Bonchev–Trinajstić information content (AvgIpc) is 3.51. The average molecular weight is 544 g/mol. The number of benzene rings is 1. The van der Waals surface area contributed by atoms with Crippen LogP contribution in [0.3, 0.4) is 0 Å². The van der Waals surface area contributed by atoms with Gasteiger partial charge >= 0.3 is 6.18 Å². The Kier molecular flexibility index (Phi) is 12.9. The van der Waals surface area contributed by atoms with Gasteiger partial charge < -0.3 is 25.3 Å². The molecule has 0 atom stereocenters. The number of H-pyrrole nitrogens is 1. The third kappa shape index (κ3) is 9.41. The zero-order valence-electron chi connectivity index (χ0n) is 22.7. The molecule has 3 N–H and O–H groups in total. The number of alkyl halides is 3. The lowest BCUT2D eigenvalue weighted by atomic mass is 10.1. The lowest BCUT2D eigenvalue weighted by Crippen LogP contribution is -2.40. The minimum absolute atomic E-state index is 0.156. The summed E-state index contributed by atoms with van der Waals surface area (Å²) < 4.78 is 43.8. The van der Waals surface area contributed by atoms with Crippen LogP contribution in [0.4, 0.5) is 13.2 Å². The van der Waals surface area contributed by atoms with E-state index in [1.807, 2.05) is 39.1 Å². The molecular formula is C24H36F3N7O4. The van der Waals surface area contributed by atoms with Gasteiger partial charge in [-0.2, -0.15) is 13.2 Å². The second-order valence-electron chi connectivity index (χ2n) is 8.31. The van der Waals surface area contributed by atoms with E-state index in [1.54, 1.807) is 11.8 Å². The van der Waals surface area contributed by atoms with E-state index in [4.69, 9.17) is 0 Å². The molecule has 0 saturated heterocycles. The van der Waals surface area contributed by atoms with Gasteiger partial charge in [-0.3, -0.25) is 9.59 Å². The van der Waals surface area contributed by atoms with E-state index in [0.29, 0.717) is 24.6 Å². The molecule has 11 nitrogen and oxygen atoms in total. The Bertz CT molecular complexity index is 1150. The maximum Gasteiger partial charge on any atom is 0.416 e. The smallest absolute Gasteiger partial charge is 0.369 e. The molecule has 0 saturated carbocycles. The molecule has 0 aliphatic rings. The molecule has 0 aliphatic heterocycles. The summed E-state index contributed by atoms with van der Waals surface area (Å²) in [5, 5.41) is 12.9. The molecule has 0 spiro atoms. The molecule has 1 aromatic carbocycles. The number of hydrogen-bond donors (Lipinski definition) is 3. The number of fused-ring (bicyclic) bond motifs is 1. The van der Waals surface area contributed by atoms with Crippen molar-refractivity contribution in [3.8, 4) is 0 Å². The minimum atomic E-state index is -4.28. The molecule has 14 heteroatoms. The summed E-state index contributed by atoms with van der Waals surface area (Å²) in [5.74, 6) is 0.244. The van der Waals surface area contributed by atoms with Gasteiger partial charge in [-0.15, -0.1) is 0 Å². The van der Waals surface area contributed by atoms with Gasteiger partial charge in [0.05, 0.1) is 17.6 Å². The Balaban J connectivity index is 0.000000559. The van der Waals surface area contributed by atoms with Crippen molar-refractivity contribution in [3.63, 3.8) is 0 Å². The van der Waals surface area contributed by atoms with Gasteiger partial charge in [0.1, 0.15) is 11.5 Å². The fourth-order valence-corrected chi connectivity index (χ4v) is 2.75. The molecule has 2 amide bonds. The van der Waals surface area contributed by atoms with Crippen molar-refractivity contribution in [1.82, 2.24) is 35.8 Å². The molecule has 0 aliphatic carbocycles. The van der Waals surface area contributed by atoms with Crippen LogP contribution in [0.2, 0.25) is 0 Å². The van der Waals surface area contributed by atoms with E-state index in [0.717, 1.165) is 50.5 Å². The first-order valence-corrected chi connectivity index (χ1v) is 11.9. The quantitative estimate of drug-likeness (QED) is 0.331. The lowest BCUT2D eigenvalue weighted by Gasteiger charge is -2.25. The first-order chi connectivity index (χ1) is 17.9. The topological polar surface area (TPSA) is 138 Å². The number of nitrogens with zero attached hydrogens (tertiary/aromatic N) is 4. The molecule has 0 bridgehead atoms. The Hall–Kier alpha value is -3.52. The fourth-order valence-electron chi connectivity index (χ4n) is 2.75. The SMILES string of the molecule is CC.CNCCN(C=O)Cc1ccc2nc(CNC(=O)c3nonc3C)[nH]c2c1.COC(C)(C)C(F)(F)F. The number of hydrogen-bond acceptors (Lipinski definition) is 8. The van der Waals surface area contributed by atoms with Crippen molar-refractivity contribution in [2.24, 2.45) is 0 Å². The Morgan fingerprint density at radius 3 is 2.42 bits per heavy atom. The maximum absolute atomic E-state index is 12.1. The summed E-state index contributed by atoms with van der Waals surface area (Å²) in [6.45, 7) is 9.71. The monoisotopic (exact) mass is 543 g/mol. The normalized spacial score (nSPS) is 11.2. The van der Waals surface area contributed by atoms with Crippen LogP contribution >= 0.6 is 0 Å². The van der Waals surface area contributed by atoms with Gasteiger partial charge in [0.15, 0.2) is 11.3 Å². The number of carbonyl (C=O) groups excluding carboxylic acids is 2. The van der Waals surface area contributed by atoms with E-state index in [2.05, 4.69) is 40.3 Å². The van der Waals surface area contributed by atoms with Crippen LogP contribution in [0, 0.1) is 6.92 Å². The van der Waals surface area contributed by atoms with Crippen LogP contribution in [-0.2, 0) is 22.6 Å². The van der Waals surface area contributed by atoms with Gasteiger partial charge in [-0.05, 0) is 50.7 Å². The molecule has 3 rings (SSSR count). The van der Waals surface area contributed by atoms with Crippen LogP contribution in [0.5, 0.6) is 0 Å². The zero-order valence-corrected chi connectivity index (χ0v) is 22.7. The number of likely N-dealkylation sites (N-methyl/N-ethyl adjacent to an activating group) is 1. The highest BCUT2D eigenvalue weighted by Gasteiger charge is 2.47. The van der Waals surface area contributed by atoms with Crippen LogP contribution in [-0.4, -0.2) is 76.5 Å². The van der Waals surface area contributed by atoms with Gasteiger partial charge in [-0.25, -0.2) is 9.61 Å². The van der Waals surface area contributed by atoms with E-state index < -0.39 is 11.8 Å². The molecule has 0 radical (unpaired) electrons. The highest BCUT2D eigenvalue weighted by atomic mass is 19.4. The molecule has 2 aromatic heterocycles. The summed E-state index contributed by atoms with van der Waals surface area (Å²) in [7, 11) is 2.88. The van der Waals surface area contributed by atoms with E-state index >= 15 is 0 Å². The first kappa shape index (κ1) is 32.5. The Morgan fingerprint density at radius 2 is 1.92 bits per heavy atom. The number of aromatic amines is 1. The predicted molar refractivity (Wildman–Crippen MR) is 135 cm³/mol. The standard InChI is InChI=1S/C17H21N7O3.C5H9F3O.C2H6/c1-11-16(23-27-22-11)17(26)19-8-15-20-13-4-3-12(7-14(13)21-15)9-24(10-25)6-5-18-2;1-4(2,9-3)5(6,7)8;1-2/h3-4,7,10,18H,5-6,8-9H2,1-2H3,(H,19,26)(H,20,21);1-3H3;1-2H3. The van der Waals surface area contributed by atoms with E-state index in [1.165, 1.54) is 0 Å². The number of aryl methyl sites for hydroxylation is 1. The van der Waals surface area contributed by atoms with Gasteiger partial charge in [0, 0.05) is 26.7 Å². The largest absolute Gasteiger partial charge is 0.416 e. The number of imidazole rings is 1. The molecule has 2 heterocycles. The molecule has 212 valence electrons. The van der Waals surface area contributed by atoms with Crippen molar-refractivity contribution in [2.75, 3.05) is 27.2 Å². The van der Waals surface area contributed by atoms with Gasteiger partial charge in [0.25, 0.3) is 5.91 Å². The number of nitrogens with one attached hydrogen (secondary N) is 3. The highest BCUT2D eigenvalue weighted by molar-refractivity contribution is 5.92. The van der Waals surface area contributed by atoms with Crippen LogP contribution < -0.4 is 10.6 Å². The van der Waals surface area contributed by atoms with Crippen LogP contribution in [0.15, 0.2) is 22.8 Å². The van der Waals surface area contributed by atoms with Gasteiger partial charge in [-0.1, -0.05) is 25.1 Å². The molecule has 0 fully saturated rings. The highest BCUT2D eigenvalue weighted by Crippen LogP contribution is 2.31. The number of ether oxygens (including phenoxy) is 1. The number of amides is 2. The van der Waals surface area contributed by atoms with Gasteiger partial charge in [0.2, 0.25) is 6.41 Å². The summed E-state index contributed by atoms with van der Waals surface area (Å²) in [4.78, 5) is 32.6.